The van der Waals surface area contributed by atoms with E-state index in [2.05, 4.69) is 15.0 Å². The van der Waals surface area contributed by atoms with Crippen molar-refractivity contribution in [2.45, 2.75) is 20.0 Å². The van der Waals surface area contributed by atoms with Gasteiger partial charge in [0.05, 0.1) is 13.1 Å². The molecule has 35 heavy (non-hydrogen) atoms. The fraction of sp³-hybridized carbons (Fsp3) is 0.259. The van der Waals surface area contributed by atoms with Crippen molar-refractivity contribution in [1.29, 1.82) is 0 Å². The highest BCUT2D eigenvalue weighted by molar-refractivity contribution is 5.93. The van der Waals surface area contributed by atoms with Crippen LogP contribution >= 0.6 is 0 Å². The van der Waals surface area contributed by atoms with Gasteiger partial charge in [-0.1, -0.05) is 59.8 Å². The molecule has 8 nitrogen and oxygen atoms in total. The second-order valence-electron chi connectivity index (χ2n) is 8.74. The van der Waals surface area contributed by atoms with Crippen molar-refractivity contribution in [3.8, 4) is 11.4 Å². The van der Waals surface area contributed by atoms with Crippen LogP contribution in [0, 0.1) is 6.92 Å². The summed E-state index contributed by atoms with van der Waals surface area (Å²) in [5.41, 5.74) is 3.00. The lowest BCUT2D eigenvalue weighted by molar-refractivity contribution is 0.0612. The van der Waals surface area contributed by atoms with Crippen LogP contribution in [0.15, 0.2) is 82.2 Å². The van der Waals surface area contributed by atoms with Crippen molar-refractivity contribution < 1.29 is 9.32 Å². The van der Waals surface area contributed by atoms with Crippen molar-refractivity contribution in [3.05, 3.63) is 106 Å². The number of benzene rings is 2. The number of hydrogen-bond acceptors (Lipinski definition) is 6. The predicted molar refractivity (Wildman–Crippen MR) is 132 cm³/mol. The second-order valence-corrected chi connectivity index (χ2v) is 8.74. The lowest BCUT2D eigenvalue weighted by atomic mass is 10.1. The van der Waals surface area contributed by atoms with Gasteiger partial charge >= 0.3 is 0 Å². The van der Waals surface area contributed by atoms with E-state index < -0.39 is 0 Å². The number of amides is 1. The molecule has 0 saturated carbocycles. The fourth-order valence-corrected chi connectivity index (χ4v) is 4.33. The van der Waals surface area contributed by atoms with Crippen molar-refractivity contribution in [2.75, 3.05) is 26.2 Å². The van der Waals surface area contributed by atoms with E-state index in [0.29, 0.717) is 51.0 Å². The van der Waals surface area contributed by atoms with E-state index in [-0.39, 0.29) is 17.0 Å². The highest BCUT2D eigenvalue weighted by Gasteiger charge is 2.25. The summed E-state index contributed by atoms with van der Waals surface area (Å²) in [5.74, 6) is 0.911. The highest BCUT2D eigenvalue weighted by Crippen LogP contribution is 2.20. The molecule has 1 saturated heterocycles. The maximum absolute atomic E-state index is 13.1. The van der Waals surface area contributed by atoms with E-state index in [9.17, 15) is 9.59 Å². The van der Waals surface area contributed by atoms with Crippen molar-refractivity contribution in [3.63, 3.8) is 0 Å². The zero-order valence-electron chi connectivity index (χ0n) is 19.6. The van der Waals surface area contributed by atoms with E-state index in [4.69, 9.17) is 4.52 Å². The Morgan fingerprint density at radius 2 is 1.66 bits per heavy atom. The van der Waals surface area contributed by atoms with Gasteiger partial charge in [0.25, 0.3) is 11.5 Å². The molecule has 8 heteroatoms. The molecule has 2 aromatic carbocycles. The number of aryl methyl sites for hydroxylation is 1. The Hall–Kier alpha value is -4.04. The summed E-state index contributed by atoms with van der Waals surface area (Å²) < 4.78 is 7.05. The normalized spacial score (nSPS) is 14.3. The lowest BCUT2D eigenvalue weighted by Crippen LogP contribution is -2.49. The maximum Gasteiger partial charge on any atom is 0.263 e. The Labute approximate surface area is 203 Å². The third kappa shape index (κ3) is 5.07. The van der Waals surface area contributed by atoms with Crippen molar-refractivity contribution in [1.82, 2.24) is 24.5 Å². The molecule has 0 aliphatic carbocycles. The second kappa shape index (κ2) is 10.1. The Bertz CT molecular complexity index is 1370. The number of piperazine rings is 1. The first-order chi connectivity index (χ1) is 17.1. The maximum atomic E-state index is 13.1. The molecule has 2 aromatic heterocycles. The smallest absolute Gasteiger partial charge is 0.263 e. The molecule has 5 rings (SSSR count). The molecule has 0 atom stereocenters. The molecule has 4 aromatic rings. The molecule has 0 unspecified atom stereocenters. The molecule has 1 amide bonds. The summed E-state index contributed by atoms with van der Waals surface area (Å²) in [6, 6.07) is 21.1. The molecule has 0 radical (unpaired) electrons. The Balaban J connectivity index is 1.20. The predicted octanol–water partition coefficient (Wildman–Crippen LogP) is 3.21. The first-order valence-electron chi connectivity index (χ1n) is 11.7. The van der Waals surface area contributed by atoms with Gasteiger partial charge < -0.3 is 14.0 Å². The number of rotatable bonds is 6. The van der Waals surface area contributed by atoms with Crippen molar-refractivity contribution >= 4 is 5.91 Å². The average Bonchev–Trinajstić information content (AvgIpc) is 3.34. The number of carbonyl (C=O) groups excluding carboxylic acids is 1. The van der Waals surface area contributed by atoms with Crippen LogP contribution in [0.25, 0.3) is 11.4 Å². The molecular formula is C27H27N5O3. The van der Waals surface area contributed by atoms with E-state index in [1.807, 2.05) is 61.5 Å². The summed E-state index contributed by atoms with van der Waals surface area (Å²) in [4.78, 5) is 34.6. The van der Waals surface area contributed by atoms with Gasteiger partial charge in [0.2, 0.25) is 11.7 Å². The molecule has 1 aliphatic heterocycles. The quantitative estimate of drug-likeness (QED) is 0.431. The van der Waals surface area contributed by atoms with Gasteiger partial charge in [-0.3, -0.25) is 14.5 Å². The van der Waals surface area contributed by atoms with Crippen LogP contribution in [0.5, 0.6) is 0 Å². The monoisotopic (exact) mass is 469 g/mol. The van der Waals surface area contributed by atoms with E-state index in [0.717, 1.165) is 16.7 Å². The molecule has 1 fully saturated rings. The van der Waals surface area contributed by atoms with Crippen LogP contribution < -0.4 is 5.56 Å². The summed E-state index contributed by atoms with van der Waals surface area (Å²) in [7, 11) is 0. The van der Waals surface area contributed by atoms with Crippen LogP contribution in [0.2, 0.25) is 0 Å². The number of pyridine rings is 1. The van der Waals surface area contributed by atoms with Gasteiger partial charge in [0.15, 0.2) is 0 Å². The third-order valence-corrected chi connectivity index (χ3v) is 6.32. The van der Waals surface area contributed by atoms with Gasteiger partial charge in [-0.2, -0.15) is 4.98 Å². The Kier molecular flexibility index (Phi) is 6.54. The highest BCUT2D eigenvalue weighted by atomic mass is 16.5. The Morgan fingerprint density at radius 3 is 2.43 bits per heavy atom. The fourth-order valence-electron chi connectivity index (χ4n) is 4.33. The van der Waals surface area contributed by atoms with E-state index in [1.54, 1.807) is 27.8 Å². The van der Waals surface area contributed by atoms with Crippen LogP contribution in [0.1, 0.15) is 27.4 Å². The van der Waals surface area contributed by atoms with Gasteiger partial charge in [0.1, 0.15) is 5.56 Å². The minimum Gasteiger partial charge on any atom is -0.338 e. The molecule has 3 heterocycles. The van der Waals surface area contributed by atoms with Crippen molar-refractivity contribution in [2.24, 2.45) is 0 Å². The standard InChI is InChI=1S/C27H27N5O3/c1-20-8-5-6-11-22(20)25-28-24(35-29-25)19-30-14-16-31(17-15-30)26(33)23-12-7-13-32(27(23)34)18-21-9-3-2-4-10-21/h2-13H,14-19H2,1H3. The third-order valence-electron chi connectivity index (χ3n) is 6.32. The van der Waals surface area contributed by atoms with Gasteiger partial charge in [-0.05, 0) is 30.2 Å². The largest absolute Gasteiger partial charge is 0.338 e. The summed E-state index contributed by atoms with van der Waals surface area (Å²) in [5, 5.41) is 4.13. The van der Waals surface area contributed by atoms with Crippen LogP contribution in [0.3, 0.4) is 0 Å². The van der Waals surface area contributed by atoms with Crippen LogP contribution in [-0.4, -0.2) is 56.6 Å². The minimum atomic E-state index is -0.265. The lowest BCUT2D eigenvalue weighted by Gasteiger charge is -2.33. The topological polar surface area (TPSA) is 84.5 Å². The molecule has 0 bridgehead atoms. The molecule has 1 aliphatic rings. The SMILES string of the molecule is Cc1ccccc1-c1noc(CN2CCN(C(=O)c3cccn(Cc4ccccc4)c3=O)CC2)n1. The molecule has 0 N–H and O–H groups in total. The van der Waals surface area contributed by atoms with Crippen LogP contribution in [-0.2, 0) is 13.1 Å². The van der Waals surface area contributed by atoms with Gasteiger partial charge in [0, 0.05) is 37.9 Å². The number of aromatic nitrogens is 3. The van der Waals surface area contributed by atoms with Crippen LogP contribution in [0.4, 0.5) is 0 Å². The number of carbonyl (C=O) groups is 1. The van der Waals surface area contributed by atoms with E-state index in [1.165, 1.54) is 0 Å². The summed E-state index contributed by atoms with van der Waals surface area (Å²) in [6.45, 7) is 5.37. The average molecular weight is 470 g/mol. The first-order valence-corrected chi connectivity index (χ1v) is 11.7. The summed E-state index contributed by atoms with van der Waals surface area (Å²) >= 11 is 0. The van der Waals surface area contributed by atoms with Gasteiger partial charge in [-0.15, -0.1) is 0 Å². The molecular weight excluding hydrogens is 442 g/mol. The zero-order valence-corrected chi connectivity index (χ0v) is 19.6. The number of nitrogens with zero attached hydrogens (tertiary/aromatic N) is 5. The summed E-state index contributed by atoms with van der Waals surface area (Å²) in [6.07, 6.45) is 1.72. The minimum absolute atomic E-state index is 0.205. The van der Waals surface area contributed by atoms with Gasteiger partial charge in [-0.25, -0.2) is 0 Å². The molecule has 178 valence electrons. The van der Waals surface area contributed by atoms with E-state index >= 15 is 0 Å². The first kappa shape index (κ1) is 22.7. The Morgan fingerprint density at radius 1 is 0.914 bits per heavy atom. The molecule has 0 spiro atoms. The zero-order chi connectivity index (χ0) is 24.2. The number of hydrogen-bond donors (Lipinski definition) is 0.